The van der Waals surface area contributed by atoms with Crippen LogP contribution < -0.4 is 0 Å². The zero-order valence-electron chi connectivity index (χ0n) is 32.8. The summed E-state index contributed by atoms with van der Waals surface area (Å²) in [6.45, 7) is 4.57. The summed E-state index contributed by atoms with van der Waals surface area (Å²) in [6, 6.07) is 0. The molecule has 0 saturated heterocycles. The van der Waals surface area contributed by atoms with Gasteiger partial charge in [0.25, 0.3) is 0 Å². The number of carboxylic acid groups (broad SMARTS) is 1. The molecule has 0 saturated carbocycles. The molecule has 0 spiro atoms. The SMILES string of the molecule is CCCCCCCCCCCCCCCCCCCCCC(=O)OC(CCCCCCCCCC)CCCCCCCCCCC(=O)O. The van der Waals surface area contributed by atoms with Crippen LogP contribution in [0.3, 0.4) is 0 Å². The molecule has 0 heterocycles. The maximum atomic E-state index is 12.7. The van der Waals surface area contributed by atoms with Gasteiger partial charge in [-0.3, -0.25) is 9.59 Å². The van der Waals surface area contributed by atoms with Crippen LogP contribution in [0.15, 0.2) is 0 Å². The van der Waals surface area contributed by atoms with E-state index in [4.69, 9.17) is 9.84 Å². The average Bonchev–Trinajstić information content (AvgIpc) is 3.07. The Bertz CT molecular complexity index is 648. The van der Waals surface area contributed by atoms with Gasteiger partial charge < -0.3 is 9.84 Å². The van der Waals surface area contributed by atoms with Gasteiger partial charge in [0.2, 0.25) is 0 Å². The largest absolute Gasteiger partial charge is 0.481 e. The second kappa shape index (κ2) is 40.4. The van der Waals surface area contributed by atoms with Crippen molar-refractivity contribution >= 4 is 11.9 Å². The Labute approximate surface area is 301 Å². The van der Waals surface area contributed by atoms with Gasteiger partial charge in [-0.15, -0.1) is 0 Å². The van der Waals surface area contributed by atoms with Gasteiger partial charge in [0.05, 0.1) is 0 Å². The molecule has 0 amide bonds. The zero-order valence-corrected chi connectivity index (χ0v) is 32.8. The summed E-state index contributed by atoms with van der Waals surface area (Å²) in [5.74, 6) is -0.643. The van der Waals surface area contributed by atoms with Crippen LogP contribution in [0.25, 0.3) is 0 Å². The first kappa shape index (κ1) is 46.9. The lowest BCUT2D eigenvalue weighted by Crippen LogP contribution is -2.18. The Hall–Kier alpha value is -1.06. The fraction of sp³-hybridized carbons (Fsp3) is 0.955. The van der Waals surface area contributed by atoms with Crippen molar-refractivity contribution in [2.24, 2.45) is 0 Å². The van der Waals surface area contributed by atoms with Crippen LogP contribution in [0, 0.1) is 0 Å². The molecular formula is C44H86O4. The Morgan fingerprint density at radius 1 is 0.375 bits per heavy atom. The summed E-state index contributed by atoms with van der Waals surface area (Å²) >= 11 is 0. The minimum Gasteiger partial charge on any atom is -0.481 e. The van der Waals surface area contributed by atoms with Crippen LogP contribution in [-0.2, 0) is 14.3 Å². The van der Waals surface area contributed by atoms with Crippen LogP contribution in [-0.4, -0.2) is 23.1 Å². The van der Waals surface area contributed by atoms with E-state index in [1.165, 1.54) is 186 Å². The number of ether oxygens (including phenoxy) is 1. The molecule has 48 heavy (non-hydrogen) atoms. The predicted molar refractivity (Wildman–Crippen MR) is 209 cm³/mol. The molecule has 1 atom stereocenters. The molecule has 0 aliphatic heterocycles. The van der Waals surface area contributed by atoms with Crippen molar-refractivity contribution in [1.29, 1.82) is 0 Å². The van der Waals surface area contributed by atoms with Crippen molar-refractivity contribution in [1.82, 2.24) is 0 Å². The molecule has 1 unspecified atom stereocenters. The number of hydrogen-bond acceptors (Lipinski definition) is 3. The molecule has 0 aromatic rings. The minimum atomic E-state index is -0.678. The van der Waals surface area contributed by atoms with Gasteiger partial charge in [-0.1, -0.05) is 213 Å². The van der Waals surface area contributed by atoms with E-state index in [1.54, 1.807) is 0 Å². The van der Waals surface area contributed by atoms with Crippen molar-refractivity contribution in [2.75, 3.05) is 0 Å². The third kappa shape index (κ3) is 39.4. The molecule has 0 aliphatic carbocycles. The van der Waals surface area contributed by atoms with Crippen molar-refractivity contribution in [3.63, 3.8) is 0 Å². The van der Waals surface area contributed by atoms with Crippen molar-refractivity contribution in [3.8, 4) is 0 Å². The average molecular weight is 679 g/mol. The third-order valence-electron chi connectivity index (χ3n) is 10.3. The molecule has 0 aromatic heterocycles. The van der Waals surface area contributed by atoms with Crippen LogP contribution in [0.4, 0.5) is 0 Å². The minimum absolute atomic E-state index is 0.0351. The van der Waals surface area contributed by atoms with Crippen LogP contribution in [0.1, 0.15) is 264 Å². The summed E-state index contributed by atoms with van der Waals surface area (Å²) in [4.78, 5) is 23.3. The van der Waals surface area contributed by atoms with E-state index >= 15 is 0 Å². The van der Waals surface area contributed by atoms with Crippen molar-refractivity contribution in [3.05, 3.63) is 0 Å². The highest BCUT2D eigenvalue weighted by molar-refractivity contribution is 5.69. The lowest BCUT2D eigenvalue weighted by atomic mass is 10.0. The second-order valence-corrected chi connectivity index (χ2v) is 15.3. The maximum Gasteiger partial charge on any atom is 0.306 e. The number of carboxylic acids is 1. The van der Waals surface area contributed by atoms with Crippen LogP contribution in [0.2, 0.25) is 0 Å². The van der Waals surface area contributed by atoms with Crippen molar-refractivity contribution in [2.45, 2.75) is 270 Å². The second-order valence-electron chi connectivity index (χ2n) is 15.3. The molecular weight excluding hydrogens is 592 g/mol. The highest BCUT2D eigenvalue weighted by Gasteiger charge is 2.14. The van der Waals surface area contributed by atoms with E-state index in [9.17, 15) is 9.59 Å². The first-order chi connectivity index (χ1) is 23.6. The molecule has 4 heteroatoms. The summed E-state index contributed by atoms with van der Waals surface area (Å²) in [6.07, 6.45) is 48.6. The van der Waals surface area contributed by atoms with Crippen LogP contribution >= 0.6 is 0 Å². The first-order valence-corrected chi connectivity index (χ1v) is 22.0. The predicted octanol–water partition coefficient (Wildman–Crippen LogP) is 15.2. The van der Waals surface area contributed by atoms with Gasteiger partial charge in [0.1, 0.15) is 6.10 Å². The Balaban J connectivity index is 3.87. The summed E-state index contributed by atoms with van der Waals surface area (Å²) in [7, 11) is 0. The number of carbonyl (C=O) groups excluding carboxylic acids is 1. The smallest absolute Gasteiger partial charge is 0.306 e. The molecule has 0 bridgehead atoms. The van der Waals surface area contributed by atoms with E-state index in [1.807, 2.05) is 0 Å². The topological polar surface area (TPSA) is 63.6 Å². The van der Waals surface area contributed by atoms with E-state index in [0.717, 1.165) is 51.4 Å². The number of hydrogen-bond donors (Lipinski definition) is 1. The Morgan fingerprint density at radius 2 is 0.625 bits per heavy atom. The molecule has 1 N–H and O–H groups in total. The molecule has 286 valence electrons. The summed E-state index contributed by atoms with van der Waals surface area (Å²) in [5.41, 5.74) is 0. The molecule has 0 aromatic carbocycles. The molecule has 0 rings (SSSR count). The van der Waals surface area contributed by atoms with E-state index in [0.29, 0.717) is 12.8 Å². The van der Waals surface area contributed by atoms with Gasteiger partial charge in [-0.25, -0.2) is 0 Å². The number of esters is 1. The van der Waals surface area contributed by atoms with Gasteiger partial charge in [-0.05, 0) is 38.5 Å². The molecule has 0 fully saturated rings. The zero-order chi connectivity index (χ0) is 35.0. The van der Waals surface area contributed by atoms with E-state index in [2.05, 4.69) is 13.8 Å². The highest BCUT2D eigenvalue weighted by atomic mass is 16.5. The highest BCUT2D eigenvalue weighted by Crippen LogP contribution is 2.20. The molecule has 4 nitrogen and oxygen atoms in total. The van der Waals surface area contributed by atoms with E-state index in [-0.39, 0.29) is 12.1 Å². The Morgan fingerprint density at radius 3 is 0.917 bits per heavy atom. The van der Waals surface area contributed by atoms with Gasteiger partial charge in [-0.2, -0.15) is 0 Å². The maximum absolute atomic E-state index is 12.7. The third-order valence-corrected chi connectivity index (χ3v) is 10.3. The number of carbonyl (C=O) groups is 2. The quantitative estimate of drug-likeness (QED) is 0.0516. The number of rotatable bonds is 41. The van der Waals surface area contributed by atoms with E-state index < -0.39 is 5.97 Å². The number of unbranched alkanes of at least 4 members (excludes halogenated alkanes) is 32. The monoisotopic (exact) mass is 679 g/mol. The van der Waals surface area contributed by atoms with Crippen molar-refractivity contribution < 1.29 is 19.4 Å². The standard InChI is InChI=1S/C44H86O4/c1-3-5-7-9-11-13-14-15-16-17-18-19-20-21-22-23-29-33-37-41-44(47)48-42(38-34-30-26-12-10-8-6-4-2)39-35-31-27-24-25-28-32-36-40-43(45)46/h42H,3-41H2,1-2H3,(H,45,46). The lowest BCUT2D eigenvalue weighted by molar-refractivity contribution is -0.150. The fourth-order valence-electron chi connectivity index (χ4n) is 7.07. The fourth-order valence-corrected chi connectivity index (χ4v) is 7.07. The first-order valence-electron chi connectivity index (χ1n) is 22.0. The normalized spacial score (nSPS) is 12.0. The number of aliphatic carboxylic acids is 1. The van der Waals surface area contributed by atoms with Gasteiger partial charge >= 0.3 is 11.9 Å². The molecule has 0 aliphatic rings. The van der Waals surface area contributed by atoms with Gasteiger partial charge in [0, 0.05) is 12.8 Å². The summed E-state index contributed by atoms with van der Waals surface area (Å²) < 4.78 is 6.05. The summed E-state index contributed by atoms with van der Waals surface area (Å²) in [5, 5.41) is 8.75. The van der Waals surface area contributed by atoms with Crippen LogP contribution in [0.5, 0.6) is 0 Å². The molecule has 0 radical (unpaired) electrons. The van der Waals surface area contributed by atoms with Gasteiger partial charge in [0.15, 0.2) is 0 Å². The Kier molecular flexibility index (Phi) is 39.5. The lowest BCUT2D eigenvalue weighted by Gasteiger charge is -2.18.